The van der Waals surface area contributed by atoms with Crippen molar-refractivity contribution in [2.45, 2.75) is 92.1 Å². The van der Waals surface area contributed by atoms with Crippen molar-refractivity contribution in [3.8, 4) is 0 Å². The molecule has 3 amide bonds. The first-order valence-electron chi connectivity index (χ1n) is 13.7. The first-order chi connectivity index (χ1) is 18.3. The van der Waals surface area contributed by atoms with Crippen molar-refractivity contribution in [2.75, 3.05) is 20.3 Å². The first kappa shape index (κ1) is 30.2. The summed E-state index contributed by atoms with van der Waals surface area (Å²) in [5.41, 5.74) is 2.83. The molecule has 1 fully saturated rings. The third kappa shape index (κ3) is 7.42. The fraction of sp³-hybridized carbons (Fsp3) is 0.655. The van der Waals surface area contributed by atoms with E-state index in [1.54, 1.807) is 4.90 Å². The number of aryl methyl sites for hydroxylation is 1. The van der Waals surface area contributed by atoms with E-state index in [2.05, 4.69) is 18.3 Å². The summed E-state index contributed by atoms with van der Waals surface area (Å²) < 4.78 is 16.0. The minimum absolute atomic E-state index is 0.0154. The third-order valence-corrected chi connectivity index (χ3v) is 7.07. The van der Waals surface area contributed by atoms with Gasteiger partial charge in [-0.15, -0.1) is 0 Å². The number of amides is 3. The Morgan fingerprint density at radius 2 is 1.85 bits per heavy atom. The highest BCUT2D eigenvalue weighted by molar-refractivity contribution is 5.91. The van der Waals surface area contributed by atoms with Gasteiger partial charge in [0.15, 0.2) is 0 Å². The number of hydrogen-bond donors (Lipinski definition) is 1. The number of ether oxygens (including phenoxy) is 3. The normalized spacial score (nSPS) is 19.5. The lowest BCUT2D eigenvalue weighted by Gasteiger charge is -2.34. The van der Waals surface area contributed by atoms with Crippen LogP contribution >= 0.6 is 0 Å². The smallest absolute Gasteiger partial charge is 0.410 e. The summed E-state index contributed by atoms with van der Waals surface area (Å²) in [6.45, 7) is 12.6. The number of likely N-dealkylation sites (tertiary alicyclic amines) is 1. The molecule has 3 rings (SSSR count). The molecule has 2 heterocycles. The molecule has 1 unspecified atom stereocenters. The molecule has 1 aromatic rings. The van der Waals surface area contributed by atoms with Crippen LogP contribution in [0.25, 0.3) is 0 Å². The highest BCUT2D eigenvalue weighted by Crippen LogP contribution is 2.30. The van der Waals surface area contributed by atoms with Gasteiger partial charge in [-0.2, -0.15) is 0 Å². The standard InChI is InChI=1S/C29H43N3O7/c1-8-10-19-11-9-12-20-14-31(16-22(19)20)28(36)39-21-13-23(26(34)37-7)32(15-21)25(33)24(29(4,5)6)30-27(35)38-17-18(2)3/h9,11-12,18,21,23-24H,8,10,13-17H2,1-7H3,(H,30,35)/t21?,23-,24+/m0/s1. The average Bonchev–Trinajstić information content (AvgIpc) is 3.50. The van der Waals surface area contributed by atoms with Crippen molar-refractivity contribution < 1.29 is 33.4 Å². The van der Waals surface area contributed by atoms with E-state index in [0.717, 1.165) is 24.0 Å². The van der Waals surface area contributed by atoms with Crippen LogP contribution in [0.4, 0.5) is 9.59 Å². The van der Waals surface area contributed by atoms with Crippen LogP contribution in [0.1, 0.15) is 71.1 Å². The minimum Gasteiger partial charge on any atom is -0.467 e. The van der Waals surface area contributed by atoms with Crippen molar-refractivity contribution in [1.82, 2.24) is 15.1 Å². The van der Waals surface area contributed by atoms with Crippen molar-refractivity contribution in [3.05, 3.63) is 34.9 Å². The topological polar surface area (TPSA) is 114 Å². The average molecular weight is 546 g/mol. The molecular weight excluding hydrogens is 502 g/mol. The maximum Gasteiger partial charge on any atom is 0.410 e. The van der Waals surface area contributed by atoms with Gasteiger partial charge in [0.2, 0.25) is 5.91 Å². The molecule has 0 radical (unpaired) electrons. The van der Waals surface area contributed by atoms with Crippen LogP contribution < -0.4 is 5.32 Å². The second-order valence-electron chi connectivity index (χ2n) is 11.9. The predicted octanol–water partition coefficient (Wildman–Crippen LogP) is 4.03. The van der Waals surface area contributed by atoms with Gasteiger partial charge < -0.3 is 24.4 Å². The second kappa shape index (κ2) is 12.7. The van der Waals surface area contributed by atoms with Crippen LogP contribution in [-0.2, 0) is 43.3 Å². The summed E-state index contributed by atoms with van der Waals surface area (Å²) in [4.78, 5) is 55.0. The number of hydrogen-bond acceptors (Lipinski definition) is 7. The van der Waals surface area contributed by atoms with Gasteiger partial charge in [-0.05, 0) is 34.4 Å². The molecular formula is C29H43N3O7. The molecule has 0 spiro atoms. The Bertz CT molecular complexity index is 1070. The number of carbonyl (C=O) groups excluding carboxylic acids is 4. The van der Waals surface area contributed by atoms with E-state index in [-0.39, 0.29) is 25.5 Å². The van der Waals surface area contributed by atoms with E-state index in [0.29, 0.717) is 13.1 Å². The molecule has 39 heavy (non-hydrogen) atoms. The fourth-order valence-corrected chi connectivity index (χ4v) is 5.04. The minimum atomic E-state index is -0.969. The Labute approximate surface area is 231 Å². The lowest BCUT2D eigenvalue weighted by molar-refractivity contribution is -0.152. The highest BCUT2D eigenvalue weighted by atomic mass is 16.6. The van der Waals surface area contributed by atoms with Gasteiger partial charge in [0.05, 0.1) is 20.3 Å². The molecule has 1 N–H and O–H groups in total. The summed E-state index contributed by atoms with van der Waals surface area (Å²) in [6, 6.07) is 4.22. The Kier molecular flexibility index (Phi) is 9.85. The molecule has 2 aliphatic heterocycles. The molecule has 3 atom stereocenters. The maximum absolute atomic E-state index is 13.7. The molecule has 1 aromatic carbocycles. The molecule has 0 aliphatic carbocycles. The van der Waals surface area contributed by atoms with Gasteiger partial charge in [-0.1, -0.05) is 66.2 Å². The lowest BCUT2D eigenvalue weighted by atomic mass is 9.85. The summed E-state index contributed by atoms with van der Waals surface area (Å²) in [7, 11) is 1.25. The van der Waals surface area contributed by atoms with Crippen LogP contribution in [0.2, 0.25) is 0 Å². The van der Waals surface area contributed by atoms with Crippen LogP contribution in [-0.4, -0.2) is 72.3 Å². The van der Waals surface area contributed by atoms with E-state index < -0.39 is 47.7 Å². The van der Waals surface area contributed by atoms with Gasteiger partial charge in [0.25, 0.3) is 0 Å². The van der Waals surface area contributed by atoms with E-state index in [4.69, 9.17) is 14.2 Å². The fourth-order valence-electron chi connectivity index (χ4n) is 5.04. The zero-order valence-corrected chi connectivity index (χ0v) is 24.2. The van der Waals surface area contributed by atoms with Crippen LogP contribution in [0.5, 0.6) is 0 Å². The number of fused-ring (bicyclic) bond motifs is 1. The van der Waals surface area contributed by atoms with Crippen LogP contribution in [0.3, 0.4) is 0 Å². The summed E-state index contributed by atoms with van der Waals surface area (Å²) in [5, 5.41) is 2.67. The number of methoxy groups -OCH3 is 1. The van der Waals surface area contributed by atoms with Gasteiger partial charge in [0.1, 0.15) is 18.2 Å². The predicted molar refractivity (Wildman–Crippen MR) is 145 cm³/mol. The molecule has 0 aromatic heterocycles. The van der Waals surface area contributed by atoms with Gasteiger partial charge in [-0.3, -0.25) is 9.69 Å². The zero-order chi connectivity index (χ0) is 28.9. The quantitative estimate of drug-likeness (QED) is 0.387. The van der Waals surface area contributed by atoms with Gasteiger partial charge in [0, 0.05) is 19.5 Å². The van der Waals surface area contributed by atoms with Gasteiger partial charge in [-0.25, -0.2) is 14.4 Å². The van der Waals surface area contributed by atoms with E-state index in [1.807, 2.05) is 46.8 Å². The Morgan fingerprint density at radius 1 is 1.13 bits per heavy atom. The summed E-state index contributed by atoms with van der Waals surface area (Å²) in [5.74, 6) is -0.927. The van der Waals surface area contributed by atoms with E-state index >= 15 is 0 Å². The first-order valence-corrected chi connectivity index (χ1v) is 13.7. The Balaban J connectivity index is 1.71. The molecule has 216 valence electrons. The van der Waals surface area contributed by atoms with Crippen LogP contribution in [0.15, 0.2) is 18.2 Å². The number of benzene rings is 1. The highest BCUT2D eigenvalue weighted by Gasteiger charge is 2.47. The number of esters is 1. The van der Waals surface area contributed by atoms with Crippen molar-refractivity contribution in [3.63, 3.8) is 0 Å². The zero-order valence-electron chi connectivity index (χ0n) is 24.2. The number of nitrogens with zero attached hydrogens (tertiary/aromatic N) is 2. The summed E-state index contributed by atoms with van der Waals surface area (Å²) >= 11 is 0. The molecule has 10 heteroatoms. The number of rotatable bonds is 8. The number of nitrogens with one attached hydrogen (secondary N) is 1. The molecule has 1 saturated heterocycles. The number of alkyl carbamates (subject to hydrolysis) is 1. The summed E-state index contributed by atoms with van der Waals surface area (Å²) in [6.07, 6.45) is 0.185. The second-order valence-corrected chi connectivity index (χ2v) is 11.9. The number of carbonyl (C=O) groups is 4. The van der Waals surface area contributed by atoms with E-state index in [9.17, 15) is 19.2 Å². The monoisotopic (exact) mass is 545 g/mol. The maximum atomic E-state index is 13.7. The molecule has 2 aliphatic rings. The van der Waals surface area contributed by atoms with Gasteiger partial charge >= 0.3 is 18.2 Å². The van der Waals surface area contributed by atoms with Crippen molar-refractivity contribution in [2.24, 2.45) is 11.3 Å². The van der Waals surface area contributed by atoms with Crippen molar-refractivity contribution >= 4 is 24.1 Å². The molecule has 0 bridgehead atoms. The third-order valence-electron chi connectivity index (χ3n) is 7.07. The molecule has 10 nitrogen and oxygen atoms in total. The SMILES string of the molecule is CCCc1cccc2c1CN(C(=O)OC1C[C@@H](C(=O)OC)N(C(=O)[C@@H](NC(=O)OCC(C)C)C(C)(C)C)C1)C2. The largest absolute Gasteiger partial charge is 0.467 e. The Morgan fingerprint density at radius 3 is 2.46 bits per heavy atom. The van der Waals surface area contributed by atoms with Crippen molar-refractivity contribution in [1.29, 1.82) is 0 Å². The molecule has 0 saturated carbocycles. The van der Waals surface area contributed by atoms with E-state index in [1.165, 1.54) is 17.6 Å². The Hall–Kier alpha value is -3.30. The lowest BCUT2D eigenvalue weighted by Crippen LogP contribution is -2.57. The van der Waals surface area contributed by atoms with Crippen LogP contribution in [0, 0.1) is 11.3 Å².